The van der Waals surface area contributed by atoms with E-state index in [-0.39, 0.29) is 11.5 Å². The molecule has 5 nitrogen and oxygen atoms in total. The molecule has 0 bridgehead atoms. The summed E-state index contributed by atoms with van der Waals surface area (Å²) in [6.45, 7) is 2.00. The molecule has 1 saturated heterocycles. The van der Waals surface area contributed by atoms with Gasteiger partial charge in [0.2, 0.25) is 12.3 Å². The van der Waals surface area contributed by atoms with E-state index in [2.05, 4.69) is 10.7 Å². The van der Waals surface area contributed by atoms with Crippen molar-refractivity contribution in [2.45, 2.75) is 19.0 Å². The van der Waals surface area contributed by atoms with Crippen LogP contribution in [-0.4, -0.2) is 28.8 Å². The SMILES string of the molecule is Cc1ccccc1/C=[N+]1\NC(=O)[C@@H](NC(=O)c2ccc(F)cc2)[C@@H]1c1ccccc1. The van der Waals surface area contributed by atoms with E-state index >= 15 is 0 Å². The van der Waals surface area contributed by atoms with E-state index in [9.17, 15) is 14.0 Å². The summed E-state index contributed by atoms with van der Waals surface area (Å²) in [5, 5.41) is 2.81. The van der Waals surface area contributed by atoms with E-state index < -0.39 is 23.8 Å². The first-order valence-corrected chi connectivity index (χ1v) is 9.63. The van der Waals surface area contributed by atoms with E-state index in [0.29, 0.717) is 0 Å². The number of carbonyl (C=O) groups excluding carboxylic acids is 2. The van der Waals surface area contributed by atoms with Crippen molar-refractivity contribution < 1.29 is 18.7 Å². The second-order valence-corrected chi connectivity index (χ2v) is 7.18. The molecular weight excluding hydrogens is 381 g/mol. The Bertz CT molecular complexity index is 1110. The van der Waals surface area contributed by atoms with Crippen LogP contribution in [0.15, 0.2) is 78.9 Å². The van der Waals surface area contributed by atoms with Crippen LogP contribution < -0.4 is 10.7 Å². The van der Waals surface area contributed by atoms with Gasteiger partial charge in [0.05, 0.1) is 0 Å². The number of hydrazone groups is 1. The third-order valence-electron chi connectivity index (χ3n) is 5.14. The number of halogens is 1. The maximum absolute atomic E-state index is 13.2. The molecule has 0 saturated carbocycles. The van der Waals surface area contributed by atoms with Gasteiger partial charge in [-0.15, -0.1) is 10.1 Å². The zero-order chi connectivity index (χ0) is 21.1. The maximum Gasteiger partial charge on any atom is 0.304 e. The quantitative estimate of drug-likeness (QED) is 0.659. The molecule has 0 aliphatic carbocycles. The number of hydrogen-bond donors (Lipinski definition) is 2. The molecule has 3 aromatic rings. The van der Waals surface area contributed by atoms with Gasteiger partial charge in [0.15, 0.2) is 6.04 Å². The van der Waals surface area contributed by atoms with Gasteiger partial charge in [0, 0.05) is 16.7 Å². The lowest BCUT2D eigenvalue weighted by atomic mass is 9.99. The third-order valence-corrected chi connectivity index (χ3v) is 5.14. The molecule has 1 aliphatic rings. The van der Waals surface area contributed by atoms with Crippen molar-refractivity contribution >= 4 is 18.0 Å². The van der Waals surface area contributed by atoms with Crippen molar-refractivity contribution in [2.24, 2.45) is 0 Å². The first-order valence-electron chi connectivity index (χ1n) is 9.63. The predicted molar refractivity (Wildman–Crippen MR) is 112 cm³/mol. The molecule has 0 aromatic heterocycles. The Labute approximate surface area is 173 Å². The number of nitrogens with zero attached hydrogens (tertiary/aromatic N) is 1. The lowest BCUT2D eigenvalue weighted by Crippen LogP contribution is -2.42. The monoisotopic (exact) mass is 402 g/mol. The van der Waals surface area contributed by atoms with Gasteiger partial charge in [-0.1, -0.05) is 48.5 Å². The zero-order valence-corrected chi connectivity index (χ0v) is 16.4. The first kappa shape index (κ1) is 19.5. The Morgan fingerprint density at radius 3 is 2.37 bits per heavy atom. The molecule has 2 N–H and O–H groups in total. The number of nitrogens with one attached hydrogen (secondary N) is 2. The number of rotatable bonds is 4. The molecular formula is C24H21FN3O2+. The molecule has 2 atom stereocenters. The van der Waals surface area contributed by atoms with E-state index in [0.717, 1.165) is 16.7 Å². The van der Waals surface area contributed by atoms with Crippen LogP contribution in [-0.2, 0) is 4.79 Å². The summed E-state index contributed by atoms with van der Waals surface area (Å²) < 4.78 is 14.9. The van der Waals surface area contributed by atoms with Gasteiger partial charge in [0.25, 0.3) is 5.91 Å². The van der Waals surface area contributed by atoms with Crippen molar-refractivity contribution in [1.29, 1.82) is 0 Å². The van der Waals surface area contributed by atoms with Crippen LogP contribution >= 0.6 is 0 Å². The van der Waals surface area contributed by atoms with Crippen LogP contribution in [0.3, 0.4) is 0 Å². The Kier molecular flexibility index (Phi) is 5.39. The minimum atomic E-state index is -0.815. The van der Waals surface area contributed by atoms with E-state index in [1.54, 1.807) is 4.68 Å². The summed E-state index contributed by atoms with van der Waals surface area (Å²) in [6, 6.07) is 21.3. The van der Waals surface area contributed by atoms with Gasteiger partial charge in [-0.3, -0.25) is 9.59 Å². The molecule has 2 amide bonds. The maximum atomic E-state index is 13.2. The first-order chi connectivity index (χ1) is 14.5. The smallest absolute Gasteiger partial charge is 0.304 e. The molecule has 4 rings (SSSR count). The van der Waals surface area contributed by atoms with Crippen LogP contribution in [0.25, 0.3) is 0 Å². The van der Waals surface area contributed by atoms with Gasteiger partial charge >= 0.3 is 5.91 Å². The fourth-order valence-corrected chi connectivity index (χ4v) is 3.54. The fraction of sp³-hybridized carbons (Fsp3) is 0.125. The minimum absolute atomic E-state index is 0.289. The molecule has 1 aliphatic heterocycles. The zero-order valence-electron chi connectivity index (χ0n) is 16.4. The highest BCUT2D eigenvalue weighted by molar-refractivity contribution is 5.98. The summed E-state index contributed by atoms with van der Waals surface area (Å²) >= 11 is 0. The molecule has 0 spiro atoms. The highest BCUT2D eigenvalue weighted by Crippen LogP contribution is 2.25. The summed E-state index contributed by atoms with van der Waals surface area (Å²) in [6.07, 6.45) is 1.87. The second-order valence-electron chi connectivity index (χ2n) is 7.18. The molecule has 0 radical (unpaired) electrons. The largest absolute Gasteiger partial charge is 0.334 e. The van der Waals surface area contributed by atoms with Gasteiger partial charge in [-0.05, 0) is 42.8 Å². The number of amides is 2. The summed E-state index contributed by atoms with van der Waals surface area (Å²) in [5.41, 5.74) is 6.06. The van der Waals surface area contributed by atoms with Crippen LogP contribution in [0.2, 0.25) is 0 Å². The fourth-order valence-electron chi connectivity index (χ4n) is 3.54. The van der Waals surface area contributed by atoms with E-state index in [1.165, 1.54) is 24.3 Å². The number of carbonyl (C=O) groups is 2. The molecule has 1 fully saturated rings. The topological polar surface area (TPSA) is 61.2 Å². The van der Waals surface area contributed by atoms with Crippen LogP contribution in [0.4, 0.5) is 4.39 Å². The van der Waals surface area contributed by atoms with E-state index in [1.807, 2.05) is 67.7 Å². The highest BCUT2D eigenvalue weighted by atomic mass is 19.1. The van der Waals surface area contributed by atoms with E-state index in [4.69, 9.17) is 0 Å². The van der Waals surface area contributed by atoms with Gasteiger partial charge in [0.1, 0.15) is 5.82 Å². The average molecular weight is 402 g/mol. The predicted octanol–water partition coefficient (Wildman–Crippen LogP) is 3.15. The summed E-state index contributed by atoms with van der Waals surface area (Å²) in [5.74, 6) is -1.18. The van der Waals surface area contributed by atoms with Gasteiger partial charge < -0.3 is 5.32 Å². The number of hydrazine groups is 1. The molecule has 3 aromatic carbocycles. The number of benzene rings is 3. The van der Waals surface area contributed by atoms with Gasteiger partial charge in [-0.25, -0.2) is 4.39 Å². The van der Waals surface area contributed by atoms with Crippen LogP contribution in [0.5, 0.6) is 0 Å². The van der Waals surface area contributed by atoms with Crippen molar-refractivity contribution in [1.82, 2.24) is 10.7 Å². The summed E-state index contributed by atoms with van der Waals surface area (Å²) in [4.78, 5) is 25.5. The molecule has 30 heavy (non-hydrogen) atoms. The number of hydrogen-bond acceptors (Lipinski definition) is 2. The lowest BCUT2D eigenvalue weighted by Gasteiger charge is -2.14. The summed E-state index contributed by atoms with van der Waals surface area (Å²) in [7, 11) is 0. The Balaban J connectivity index is 1.70. The minimum Gasteiger partial charge on any atom is -0.334 e. The Morgan fingerprint density at radius 1 is 1.00 bits per heavy atom. The standard InChI is InChI=1S/C24H20FN3O2/c1-16-7-5-6-10-19(16)15-28-22(17-8-3-2-4-9-17)21(24(30)27-28)26-23(29)18-11-13-20(25)14-12-18/h2-15,21-22H,1H3,(H-,26,27,29,30)/p+1/b28-15-/t21-,22-/m0/s1. The number of aryl methyl sites for hydroxylation is 1. The third kappa shape index (κ3) is 3.98. The van der Waals surface area contributed by atoms with Crippen molar-refractivity contribution in [3.63, 3.8) is 0 Å². The van der Waals surface area contributed by atoms with Crippen molar-refractivity contribution in [3.05, 3.63) is 107 Å². The molecule has 6 heteroatoms. The molecule has 0 unspecified atom stereocenters. The highest BCUT2D eigenvalue weighted by Gasteiger charge is 2.47. The van der Waals surface area contributed by atoms with Crippen LogP contribution in [0.1, 0.15) is 33.1 Å². The second kappa shape index (κ2) is 8.29. The van der Waals surface area contributed by atoms with Crippen LogP contribution in [0, 0.1) is 12.7 Å². The Morgan fingerprint density at radius 2 is 1.67 bits per heavy atom. The molecule has 1 heterocycles. The Hall–Kier alpha value is -3.80. The van der Waals surface area contributed by atoms with Crippen molar-refractivity contribution in [2.75, 3.05) is 0 Å². The normalized spacial score (nSPS) is 19.5. The average Bonchev–Trinajstić information content (AvgIpc) is 3.05. The molecule has 150 valence electrons. The van der Waals surface area contributed by atoms with Crippen molar-refractivity contribution in [3.8, 4) is 0 Å². The van der Waals surface area contributed by atoms with Gasteiger partial charge in [-0.2, -0.15) is 0 Å². The lowest BCUT2D eigenvalue weighted by molar-refractivity contribution is -0.596.